The van der Waals surface area contributed by atoms with Crippen molar-refractivity contribution in [3.8, 4) is 5.75 Å². The van der Waals surface area contributed by atoms with Crippen molar-refractivity contribution in [3.63, 3.8) is 0 Å². The number of hydrogen-bond donors (Lipinski definition) is 3. The number of amides is 2. The molecule has 0 aromatic heterocycles. The highest BCUT2D eigenvalue weighted by molar-refractivity contribution is 5.92. The van der Waals surface area contributed by atoms with Crippen molar-refractivity contribution in [2.24, 2.45) is 0 Å². The maximum absolute atomic E-state index is 13.8. The molecule has 0 unspecified atom stereocenters. The number of hydrogen-bond acceptors (Lipinski definition) is 6. The Morgan fingerprint density at radius 2 is 2.03 bits per heavy atom. The Morgan fingerprint density at radius 3 is 2.79 bits per heavy atom. The number of aliphatic hydroxyl groups excluding tert-OH is 1. The molecule has 9 heteroatoms. The third-order valence-electron chi connectivity index (χ3n) is 5.91. The van der Waals surface area contributed by atoms with Crippen LogP contribution in [0, 0.1) is 5.82 Å². The summed E-state index contributed by atoms with van der Waals surface area (Å²) in [6.07, 6.45) is -0.824. The zero-order valence-electron chi connectivity index (χ0n) is 18.3. The van der Waals surface area contributed by atoms with Gasteiger partial charge in [0.25, 0.3) is 0 Å². The highest BCUT2D eigenvalue weighted by Crippen LogP contribution is 2.47. The molecule has 0 aliphatic carbocycles. The Labute approximate surface area is 191 Å². The standard InChI is InChI=1S/C24H27FN2O6/c1-31-13-23(30)27-15-6-7-20-17(8-15)18-9-16(32-21(12-28)24(18)33-20)10-22(29)26-11-14-4-2-3-5-19(14)25/h2-8,16,18,21,24,28H,9-13H2,1H3,(H,26,29)(H,27,30)/t16-,18+,21+,24-/m0/s1. The van der Waals surface area contributed by atoms with Crippen molar-refractivity contribution in [1.29, 1.82) is 0 Å². The molecule has 8 nitrogen and oxygen atoms in total. The van der Waals surface area contributed by atoms with Gasteiger partial charge in [-0.2, -0.15) is 0 Å². The summed E-state index contributed by atoms with van der Waals surface area (Å²) < 4.78 is 30.6. The molecule has 33 heavy (non-hydrogen) atoms. The van der Waals surface area contributed by atoms with Crippen molar-refractivity contribution in [2.45, 2.75) is 43.6 Å². The van der Waals surface area contributed by atoms with E-state index in [1.54, 1.807) is 30.3 Å². The van der Waals surface area contributed by atoms with Crippen molar-refractivity contribution in [3.05, 3.63) is 59.4 Å². The first-order chi connectivity index (χ1) is 16.0. The molecule has 2 amide bonds. The number of rotatable bonds is 8. The molecule has 0 radical (unpaired) electrons. The number of benzene rings is 2. The quantitative estimate of drug-likeness (QED) is 0.560. The minimum absolute atomic E-state index is 0.0515. The smallest absolute Gasteiger partial charge is 0.250 e. The number of nitrogens with one attached hydrogen (secondary N) is 2. The van der Waals surface area contributed by atoms with Crippen molar-refractivity contribution < 1.29 is 33.3 Å². The fourth-order valence-corrected chi connectivity index (χ4v) is 4.41. The Balaban J connectivity index is 1.42. The van der Waals surface area contributed by atoms with Crippen LogP contribution < -0.4 is 15.4 Å². The van der Waals surface area contributed by atoms with Gasteiger partial charge in [0.05, 0.1) is 19.1 Å². The van der Waals surface area contributed by atoms with Crippen molar-refractivity contribution >= 4 is 17.5 Å². The number of ether oxygens (including phenoxy) is 3. The molecule has 2 aliphatic rings. The van der Waals surface area contributed by atoms with Gasteiger partial charge in [-0.15, -0.1) is 0 Å². The molecular weight excluding hydrogens is 431 g/mol. The molecule has 0 bridgehead atoms. The second-order valence-electron chi connectivity index (χ2n) is 8.21. The molecule has 2 aromatic rings. The van der Waals surface area contributed by atoms with Gasteiger partial charge in [-0.3, -0.25) is 9.59 Å². The maximum atomic E-state index is 13.8. The van der Waals surface area contributed by atoms with Gasteiger partial charge in [-0.1, -0.05) is 18.2 Å². The minimum atomic E-state index is -0.591. The second-order valence-corrected chi connectivity index (χ2v) is 8.21. The van der Waals surface area contributed by atoms with Crippen LogP contribution in [0.1, 0.15) is 29.9 Å². The van der Waals surface area contributed by atoms with Crippen molar-refractivity contribution in [2.75, 3.05) is 25.6 Å². The highest BCUT2D eigenvalue weighted by Gasteiger charge is 2.46. The van der Waals surface area contributed by atoms with Gasteiger partial charge in [0.1, 0.15) is 30.4 Å². The lowest BCUT2D eigenvalue weighted by molar-refractivity contribution is -0.142. The van der Waals surface area contributed by atoms with Gasteiger partial charge in [0.2, 0.25) is 11.8 Å². The van der Waals surface area contributed by atoms with Crippen LogP contribution in [-0.4, -0.2) is 55.6 Å². The predicted molar refractivity (Wildman–Crippen MR) is 117 cm³/mol. The summed E-state index contributed by atoms with van der Waals surface area (Å²) in [5.74, 6) is -0.338. The predicted octanol–water partition coefficient (Wildman–Crippen LogP) is 2.11. The van der Waals surface area contributed by atoms with Gasteiger partial charge in [0, 0.05) is 36.4 Å². The first-order valence-corrected chi connectivity index (χ1v) is 10.8. The van der Waals surface area contributed by atoms with Gasteiger partial charge in [0.15, 0.2) is 0 Å². The van der Waals surface area contributed by atoms with E-state index in [0.29, 0.717) is 23.4 Å². The fourth-order valence-electron chi connectivity index (χ4n) is 4.41. The molecule has 2 heterocycles. The van der Waals surface area contributed by atoms with E-state index in [9.17, 15) is 19.1 Å². The minimum Gasteiger partial charge on any atom is -0.487 e. The lowest BCUT2D eigenvalue weighted by Crippen LogP contribution is -2.47. The first-order valence-electron chi connectivity index (χ1n) is 10.8. The highest BCUT2D eigenvalue weighted by atomic mass is 19.1. The molecule has 1 saturated heterocycles. The van der Waals surface area contributed by atoms with E-state index in [0.717, 1.165) is 5.56 Å². The molecular formula is C24H27FN2O6. The molecule has 1 fully saturated rings. The van der Waals surface area contributed by atoms with E-state index in [1.165, 1.54) is 13.2 Å². The van der Waals surface area contributed by atoms with Gasteiger partial charge in [-0.05, 0) is 30.7 Å². The Hall–Kier alpha value is -3.01. The van der Waals surface area contributed by atoms with Gasteiger partial charge in [-0.25, -0.2) is 4.39 Å². The fraction of sp³-hybridized carbons (Fsp3) is 0.417. The Bertz CT molecular complexity index is 1020. The van der Waals surface area contributed by atoms with Crippen LogP contribution in [0.15, 0.2) is 42.5 Å². The van der Waals surface area contributed by atoms with E-state index in [-0.39, 0.29) is 55.8 Å². The molecule has 2 aromatic carbocycles. The normalized spacial score (nSPS) is 23.2. The number of aliphatic hydroxyl groups is 1. The second kappa shape index (κ2) is 10.3. The molecule has 0 spiro atoms. The third-order valence-corrected chi connectivity index (χ3v) is 5.91. The largest absolute Gasteiger partial charge is 0.487 e. The number of carbonyl (C=O) groups excluding carboxylic acids is 2. The Kier molecular flexibility index (Phi) is 7.22. The van der Waals surface area contributed by atoms with Crippen LogP contribution in [0.2, 0.25) is 0 Å². The lowest BCUT2D eigenvalue weighted by Gasteiger charge is -2.37. The summed E-state index contributed by atoms with van der Waals surface area (Å²) in [5.41, 5.74) is 1.92. The van der Waals surface area contributed by atoms with Crippen LogP contribution in [0.25, 0.3) is 0 Å². The summed E-state index contributed by atoms with van der Waals surface area (Å²) in [6.45, 7) is -0.214. The molecule has 0 saturated carbocycles. The van der Waals surface area contributed by atoms with Gasteiger partial charge < -0.3 is 30.0 Å². The van der Waals surface area contributed by atoms with E-state index >= 15 is 0 Å². The zero-order chi connectivity index (χ0) is 23.4. The van der Waals surface area contributed by atoms with Crippen LogP contribution >= 0.6 is 0 Å². The molecule has 4 atom stereocenters. The summed E-state index contributed by atoms with van der Waals surface area (Å²) in [4.78, 5) is 24.4. The summed E-state index contributed by atoms with van der Waals surface area (Å²) in [7, 11) is 1.45. The number of anilines is 1. The number of carbonyl (C=O) groups is 2. The summed E-state index contributed by atoms with van der Waals surface area (Å²) in [5, 5.41) is 15.4. The average Bonchev–Trinajstić information content (AvgIpc) is 3.16. The maximum Gasteiger partial charge on any atom is 0.250 e. The number of halogens is 1. The molecule has 2 aliphatic heterocycles. The third kappa shape index (κ3) is 5.32. The monoisotopic (exact) mass is 458 g/mol. The summed E-state index contributed by atoms with van der Waals surface area (Å²) >= 11 is 0. The van der Waals surface area contributed by atoms with Crippen molar-refractivity contribution in [1.82, 2.24) is 5.32 Å². The average molecular weight is 458 g/mol. The van der Waals surface area contributed by atoms with Crippen LogP contribution in [0.4, 0.5) is 10.1 Å². The van der Waals surface area contributed by atoms with Crippen LogP contribution in [-0.2, 0) is 25.6 Å². The van der Waals surface area contributed by atoms with E-state index in [4.69, 9.17) is 14.2 Å². The Morgan fingerprint density at radius 1 is 1.21 bits per heavy atom. The molecule has 176 valence electrons. The topological polar surface area (TPSA) is 106 Å². The zero-order valence-corrected chi connectivity index (χ0v) is 18.3. The lowest BCUT2D eigenvalue weighted by atomic mass is 9.84. The van der Waals surface area contributed by atoms with E-state index in [1.807, 2.05) is 6.07 Å². The van der Waals surface area contributed by atoms with Crippen LogP contribution in [0.5, 0.6) is 5.75 Å². The summed E-state index contributed by atoms with van der Waals surface area (Å²) in [6, 6.07) is 11.6. The number of fused-ring (bicyclic) bond motifs is 3. The first kappa shape index (κ1) is 23.2. The van der Waals surface area contributed by atoms with Gasteiger partial charge >= 0.3 is 0 Å². The van der Waals surface area contributed by atoms with Crippen LogP contribution in [0.3, 0.4) is 0 Å². The van der Waals surface area contributed by atoms with E-state index in [2.05, 4.69) is 10.6 Å². The molecule has 4 rings (SSSR count). The number of methoxy groups -OCH3 is 1. The van der Waals surface area contributed by atoms with E-state index < -0.39 is 12.2 Å². The SMILES string of the molecule is COCC(=O)Nc1ccc2c(c1)[C@H]1C[C@@H](CC(=O)NCc3ccccc3F)O[C@H](CO)[C@H]1O2. The molecule has 3 N–H and O–H groups in total.